The van der Waals surface area contributed by atoms with Crippen molar-refractivity contribution in [3.63, 3.8) is 0 Å². The Morgan fingerprint density at radius 3 is 2.80 bits per heavy atom. The summed E-state index contributed by atoms with van der Waals surface area (Å²) in [4.78, 5) is 25.5. The van der Waals surface area contributed by atoms with Crippen molar-refractivity contribution in [2.75, 3.05) is 5.75 Å². The fourth-order valence-electron chi connectivity index (χ4n) is 2.03. The van der Waals surface area contributed by atoms with E-state index < -0.39 is 12.0 Å². The Bertz CT molecular complexity index is 624. The first-order valence-electron chi connectivity index (χ1n) is 6.28. The summed E-state index contributed by atoms with van der Waals surface area (Å²) in [5, 5.41) is 14.2. The van der Waals surface area contributed by atoms with Gasteiger partial charge in [0.25, 0.3) is 0 Å². The molecular weight excluding hydrogens is 276 g/mol. The third-order valence-corrected chi connectivity index (χ3v) is 3.46. The van der Waals surface area contributed by atoms with Gasteiger partial charge in [0.1, 0.15) is 0 Å². The van der Waals surface area contributed by atoms with Crippen LogP contribution in [0.25, 0.3) is 10.9 Å². The number of aliphatic carboxylic acids is 1. The van der Waals surface area contributed by atoms with E-state index in [-0.39, 0.29) is 18.1 Å². The van der Waals surface area contributed by atoms with Gasteiger partial charge in [-0.25, -0.2) is 0 Å². The van der Waals surface area contributed by atoms with Crippen LogP contribution in [-0.2, 0) is 16.0 Å². The predicted molar refractivity (Wildman–Crippen MR) is 77.4 cm³/mol. The van der Waals surface area contributed by atoms with Crippen LogP contribution in [0, 0.1) is 0 Å². The SMILES string of the molecule is O=C(CCc1c[nH]c2ccccc12)N[C@@H](CS)C(=O)[O-]. The quantitative estimate of drug-likeness (QED) is 0.668. The minimum atomic E-state index is -1.32. The second kappa shape index (κ2) is 6.47. The van der Waals surface area contributed by atoms with E-state index in [4.69, 9.17) is 0 Å². The maximum absolute atomic E-state index is 11.7. The van der Waals surface area contributed by atoms with Crippen LogP contribution in [0.15, 0.2) is 30.5 Å². The van der Waals surface area contributed by atoms with Gasteiger partial charge < -0.3 is 20.2 Å². The molecule has 0 aliphatic carbocycles. The van der Waals surface area contributed by atoms with Crippen molar-refractivity contribution in [1.29, 1.82) is 0 Å². The molecule has 6 heteroatoms. The van der Waals surface area contributed by atoms with Gasteiger partial charge in [-0.15, -0.1) is 0 Å². The minimum Gasteiger partial charge on any atom is -0.548 e. The topological polar surface area (TPSA) is 85.0 Å². The Morgan fingerprint density at radius 2 is 2.10 bits per heavy atom. The summed E-state index contributed by atoms with van der Waals surface area (Å²) in [6, 6.07) is 6.77. The van der Waals surface area contributed by atoms with E-state index in [0.717, 1.165) is 16.5 Å². The highest BCUT2D eigenvalue weighted by atomic mass is 32.1. The summed E-state index contributed by atoms with van der Waals surface area (Å²) in [6.07, 6.45) is 2.63. The zero-order valence-corrected chi connectivity index (χ0v) is 11.7. The summed E-state index contributed by atoms with van der Waals surface area (Å²) in [6.45, 7) is 0. The van der Waals surface area contributed by atoms with Crippen molar-refractivity contribution in [3.05, 3.63) is 36.0 Å². The molecule has 0 unspecified atom stereocenters. The Labute approximate surface area is 121 Å². The number of carboxylic acids is 1. The molecule has 106 valence electrons. The monoisotopic (exact) mass is 291 g/mol. The first-order chi connectivity index (χ1) is 9.61. The number of nitrogens with one attached hydrogen (secondary N) is 2. The normalized spacial score (nSPS) is 12.2. The number of amides is 1. The van der Waals surface area contributed by atoms with Crippen LogP contribution in [0.4, 0.5) is 0 Å². The number of aromatic nitrogens is 1. The lowest BCUT2D eigenvalue weighted by molar-refractivity contribution is -0.307. The maximum atomic E-state index is 11.7. The lowest BCUT2D eigenvalue weighted by Crippen LogP contribution is -2.49. The molecule has 1 aromatic carbocycles. The summed E-state index contributed by atoms with van der Waals surface area (Å²) in [7, 11) is 0. The number of rotatable bonds is 6. The molecule has 0 radical (unpaired) electrons. The van der Waals surface area contributed by atoms with Crippen LogP contribution >= 0.6 is 12.6 Å². The van der Waals surface area contributed by atoms with Gasteiger partial charge in [-0.2, -0.15) is 12.6 Å². The van der Waals surface area contributed by atoms with Gasteiger partial charge in [0, 0.05) is 29.3 Å². The van der Waals surface area contributed by atoms with Crippen LogP contribution in [0.5, 0.6) is 0 Å². The van der Waals surface area contributed by atoms with E-state index in [0.29, 0.717) is 6.42 Å². The molecule has 2 aromatic rings. The van der Waals surface area contributed by atoms with Gasteiger partial charge >= 0.3 is 0 Å². The second-order valence-electron chi connectivity index (χ2n) is 4.48. The van der Waals surface area contributed by atoms with E-state index in [9.17, 15) is 14.7 Å². The first-order valence-corrected chi connectivity index (χ1v) is 6.91. The summed E-state index contributed by atoms with van der Waals surface area (Å²) in [5.74, 6) is -1.62. The van der Waals surface area contributed by atoms with E-state index in [1.165, 1.54) is 0 Å². The molecular formula is C14H15N2O3S-. The number of fused-ring (bicyclic) bond motifs is 1. The number of aryl methyl sites for hydroxylation is 1. The molecule has 1 atom stereocenters. The molecule has 2 rings (SSSR count). The number of hydrogen-bond donors (Lipinski definition) is 3. The van der Waals surface area contributed by atoms with Gasteiger partial charge in [-0.1, -0.05) is 18.2 Å². The zero-order chi connectivity index (χ0) is 14.5. The lowest BCUT2D eigenvalue weighted by Gasteiger charge is -2.17. The molecule has 1 heterocycles. The molecule has 0 aliphatic heterocycles. The van der Waals surface area contributed by atoms with E-state index in [2.05, 4.69) is 22.9 Å². The second-order valence-corrected chi connectivity index (χ2v) is 4.85. The van der Waals surface area contributed by atoms with Crippen LogP contribution in [0.1, 0.15) is 12.0 Å². The molecule has 0 bridgehead atoms. The molecule has 1 amide bonds. The van der Waals surface area contributed by atoms with Crippen LogP contribution in [0.2, 0.25) is 0 Å². The van der Waals surface area contributed by atoms with Crippen molar-refractivity contribution >= 4 is 35.4 Å². The standard InChI is InChI=1S/C14H16N2O3S/c17-13(16-12(8-20)14(18)19)6-5-9-7-15-11-4-2-1-3-10(9)11/h1-4,7,12,15,20H,5-6,8H2,(H,16,17)(H,18,19)/p-1/t12-/m0/s1. The summed E-state index contributed by atoms with van der Waals surface area (Å²) in [5.41, 5.74) is 2.05. The highest BCUT2D eigenvalue weighted by Gasteiger charge is 2.12. The van der Waals surface area contributed by atoms with E-state index in [1.54, 1.807) is 0 Å². The number of hydrogen-bond acceptors (Lipinski definition) is 4. The molecule has 0 saturated heterocycles. The average molecular weight is 291 g/mol. The largest absolute Gasteiger partial charge is 0.548 e. The van der Waals surface area contributed by atoms with Crippen LogP contribution < -0.4 is 10.4 Å². The highest BCUT2D eigenvalue weighted by molar-refractivity contribution is 7.80. The fourth-order valence-corrected chi connectivity index (χ4v) is 2.27. The number of carbonyl (C=O) groups is 2. The lowest BCUT2D eigenvalue weighted by atomic mass is 10.1. The number of benzene rings is 1. The molecule has 0 aliphatic rings. The summed E-state index contributed by atoms with van der Waals surface area (Å²) < 4.78 is 0. The number of carboxylic acid groups (broad SMARTS) is 1. The minimum absolute atomic E-state index is 0.0150. The third-order valence-electron chi connectivity index (χ3n) is 3.10. The molecule has 5 nitrogen and oxygen atoms in total. The van der Waals surface area contributed by atoms with Crippen molar-refractivity contribution in [1.82, 2.24) is 10.3 Å². The molecule has 0 fully saturated rings. The molecule has 2 N–H and O–H groups in total. The Hall–Kier alpha value is -1.95. The van der Waals surface area contributed by atoms with Gasteiger partial charge in [-0.05, 0) is 18.1 Å². The summed E-state index contributed by atoms with van der Waals surface area (Å²) >= 11 is 3.87. The smallest absolute Gasteiger partial charge is 0.220 e. The molecule has 0 spiro atoms. The van der Waals surface area contributed by atoms with Crippen molar-refractivity contribution < 1.29 is 14.7 Å². The predicted octanol–water partition coefficient (Wildman–Crippen LogP) is 0.265. The Kier molecular flexibility index (Phi) is 4.68. The van der Waals surface area contributed by atoms with Gasteiger partial charge in [0.15, 0.2) is 0 Å². The fraction of sp³-hybridized carbons (Fsp3) is 0.286. The Morgan fingerprint density at radius 1 is 1.35 bits per heavy atom. The molecule has 20 heavy (non-hydrogen) atoms. The molecule has 0 saturated carbocycles. The maximum Gasteiger partial charge on any atom is 0.220 e. The number of aromatic amines is 1. The van der Waals surface area contributed by atoms with Crippen molar-refractivity contribution in [3.8, 4) is 0 Å². The van der Waals surface area contributed by atoms with Crippen molar-refractivity contribution in [2.45, 2.75) is 18.9 Å². The van der Waals surface area contributed by atoms with Crippen LogP contribution in [-0.4, -0.2) is 28.7 Å². The van der Waals surface area contributed by atoms with Crippen molar-refractivity contribution in [2.24, 2.45) is 0 Å². The molecule has 1 aromatic heterocycles. The van der Waals surface area contributed by atoms with Gasteiger partial charge in [0.2, 0.25) is 5.91 Å². The average Bonchev–Trinajstić information content (AvgIpc) is 2.85. The Balaban J connectivity index is 1.95. The number of H-pyrrole nitrogens is 1. The van der Waals surface area contributed by atoms with Gasteiger partial charge in [-0.3, -0.25) is 4.79 Å². The highest BCUT2D eigenvalue weighted by Crippen LogP contribution is 2.18. The number of para-hydroxylation sites is 1. The third kappa shape index (κ3) is 3.33. The van der Waals surface area contributed by atoms with E-state index >= 15 is 0 Å². The zero-order valence-electron chi connectivity index (χ0n) is 10.8. The van der Waals surface area contributed by atoms with Gasteiger partial charge in [0.05, 0.1) is 12.0 Å². The van der Waals surface area contributed by atoms with Crippen LogP contribution in [0.3, 0.4) is 0 Å². The number of carbonyl (C=O) groups excluding carboxylic acids is 2. The first kappa shape index (κ1) is 14.5. The van der Waals surface area contributed by atoms with E-state index in [1.807, 2.05) is 30.5 Å². The number of thiol groups is 1.